The summed E-state index contributed by atoms with van der Waals surface area (Å²) in [6.45, 7) is 3.38. The molecule has 0 aliphatic heterocycles. The van der Waals surface area contributed by atoms with Crippen LogP contribution in [0.4, 0.5) is 0 Å². The van der Waals surface area contributed by atoms with E-state index in [0.29, 0.717) is 0 Å². The highest BCUT2D eigenvalue weighted by atomic mass is 16.4. The third-order valence-corrected chi connectivity index (χ3v) is 6.44. The van der Waals surface area contributed by atoms with Crippen molar-refractivity contribution in [2.45, 2.75) is 44.6 Å². The van der Waals surface area contributed by atoms with Crippen molar-refractivity contribution in [1.82, 2.24) is 4.90 Å². The third kappa shape index (κ3) is 10.7. The van der Waals surface area contributed by atoms with Gasteiger partial charge in [0.15, 0.2) is 5.60 Å². The lowest BCUT2D eigenvalue weighted by Crippen LogP contribution is -2.42. The molecule has 8 heteroatoms. The summed E-state index contributed by atoms with van der Waals surface area (Å²) in [7, 11) is 4.27. The molecule has 0 aliphatic carbocycles. The smallest absolute Gasteiger partial charge is 0.336 e. The quantitative estimate of drug-likeness (QED) is 0.207. The first-order valence-electron chi connectivity index (χ1n) is 13.4. The Bertz CT molecular complexity index is 1280. The lowest BCUT2D eigenvalue weighted by Gasteiger charge is -2.18. The minimum atomic E-state index is -2.74. The van der Waals surface area contributed by atoms with Gasteiger partial charge >= 0.3 is 17.9 Å². The maximum absolute atomic E-state index is 10.3. The Kier molecular flexibility index (Phi) is 12.9. The van der Waals surface area contributed by atoms with Crippen LogP contribution in [-0.4, -0.2) is 69.5 Å². The van der Waals surface area contributed by atoms with Gasteiger partial charge in [-0.05, 0) is 73.3 Å². The topological polar surface area (TPSA) is 135 Å². The van der Waals surface area contributed by atoms with Crippen LogP contribution in [0.2, 0.25) is 0 Å². The molecule has 3 rings (SSSR count). The minimum absolute atomic E-state index is 0.999. The van der Waals surface area contributed by atoms with Crippen LogP contribution in [0.25, 0.3) is 11.1 Å². The van der Waals surface area contributed by atoms with Gasteiger partial charge in [-0.3, -0.25) is 9.59 Å². The molecule has 0 heterocycles. The molecule has 218 valence electrons. The summed E-state index contributed by atoms with van der Waals surface area (Å²) in [5.41, 5.74) is 5.29. The zero-order valence-electron chi connectivity index (χ0n) is 23.8. The molecule has 0 radical (unpaired) electrons. The molecule has 0 spiro atoms. The zero-order chi connectivity index (χ0) is 30.4. The molecule has 0 amide bonds. The van der Waals surface area contributed by atoms with Crippen LogP contribution in [-0.2, 0) is 20.8 Å². The lowest BCUT2D eigenvalue weighted by atomic mass is 9.88. The van der Waals surface area contributed by atoms with Gasteiger partial charge < -0.3 is 25.3 Å². The van der Waals surface area contributed by atoms with Crippen molar-refractivity contribution in [1.29, 1.82) is 0 Å². The van der Waals surface area contributed by atoms with E-state index >= 15 is 0 Å². The second kappa shape index (κ2) is 16.1. The number of aliphatic carboxylic acids is 3. The molecule has 0 aromatic heterocycles. The van der Waals surface area contributed by atoms with Crippen molar-refractivity contribution < 1.29 is 34.8 Å². The summed E-state index contributed by atoms with van der Waals surface area (Å²) in [6.07, 6.45) is 1.03. The summed E-state index contributed by atoms with van der Waals surface area (Å²) in [5, 5.41) is 33.8. The van der Waals surface area contributed by atoms with Crippen molar-refractivity contribution in [2.75, 3.05) is 20.6 Å². The highest BCUT2D eigenvalue weighted by Crippen LogP contribution is 2.34. The van der Waals surface area contributed by atoms with Crippen molar-refractivity contribution in [3.05, 3.63) is 107 Å². The number of benzene rings is 3. The molecule has 0 saturated carbocycles. The molecule has 0 atom stereocenters. The largest absolute Gasteiger partial charge is 0.481 e. The molecule has 0 bridgehead atoms. The van der Waals surface area contributed by atoms with Crippen LogP contribution < -0.4 is 0 Å². The Labute approximate surface area is 241 Å². The van der Waals surface area contributed by atoms with Gasteiger partial charge in [-0.15, -0.1) is 0 Å². The fraction of sp³-hybridized carbons (Fsp3) is 0.303. The highest BCUT2D eigenvalue weighted by molar-refractivity contribution is 5.98. The Morgan fingerprint density at radius 1 is 0.707 bits per heavy atom. The van der Waals surface area contributed by atoms with Gasteiger partial charge in [0.1, 0.15) is 0 Å². The average molecular weight is 562 g/mol. The number of carboxylic acids is 3. The van der Waals surface area contributed by atoms with E-state index in [4.69, 9.17) is 20.4 Å². The van der Waals surface area contributed by atoms with Gasteiger partial charge in [-0.25, -0.2) is 4.79 Å². The monoisotopic (exact) mass is 561 g/mol. The number of allylic oxidation sites excluding steroid dienone is 1. The molecule has 0 fully saturated rings. The van der Waals surface area contributed by atoms with E-state index in [1.54, 1.807) is 0 Å². The van der Waals surface area contributed by atoms with Crippen molar-refractivity contribution in [3.63, 3.8) is 0 Å². The highest BCUT2D eigenvalue weighted by Gasteiger charge is 2.40. The van der Waals surface area contributed by atoms with Crippen LogP contribution in [0.5, 0.6) is 0 Å². The number of aryl methyl sites for hydroxylation is 1. The van der Waals surface area contributed by atoms with Crippen LogP contribution in [0.1, 0.15) is 54.9 Å². The first-order valence-corrected chi connectivity index (χ1v) is 13.4. The molecule has 0 aliphatic rings. The SMILES string of the molecule is CC/C(=C(\c1ccccc1)c1ccc(CCCN(C)C)cc1)c1ccccc1.O=C(O)CC(O)(CC(=O)O)C(=O)O. The molecular weight excluding hydrogens is 522 g/mol. The second-order valence-electron chi connectivity index (χ2n) is 10.0. The number of carbonyl (C=O) groups is 3. The average Bonchev–Trinajstić information content (AvgIpc) is 2.92. The summed E-state index contributed by atoms with van der Waals surface area (Å²) >= 11 is 0. The number of carboxylic acid groups (broad SMARTS) is 3. The summed E-state index contributed by atoms with van der Waals surface area (Å²) in [4.78, 5) is 32.7. The summed E-state index contributed by atoms with van der Waals surface area (Å²) < 4.78 is 0. The number of rotatable bonds is 13. The first-order chi connectivity index (χ1) is 19.5. The molecule has 4 N–H and O–H groups in total. The number of aliphatic hydroxyl groups is 1. The number of hydrogen-bond donors (Lipinski definition) is 4. The van der Waals surface area contributed by atoms with Crippen LogP contribution in [0.3, 0.4) is 0 Å². The van der Waals surface area contributed by atoms with Crippen molar-refractivity contribution in [3.8, 4) is 0 Å². The number of nitrogens with zero attached hydrogens (tertiary/aromatic N) is 1. The molecule has 0 unspecified atom stereocenters. The Hall–Kier alpha value is -4.27. The third-order valence-electron chi connectivity index (χ3n) is 6.44. The predicted octanol–water partition coefficient (Wildman–Crippen LogP) is 5.30. The van der Waals surface area contributed by atoms with Gasteiger partial charge in [0.25, 0.3) is 0 Å². The second-order valence-corrected chi connectivity index (χ2v) is 10.0. The molecule has 8 nitrogen and oxygen atoms in total. The van der Waals surface area contributed by atoms with E-state index in [1.807, 2.05) is 0 Å². The fourth-order valence-corrected chi connectivity index (χ4v) is 4.44. The molecule has 0 saturated heterocycles. The van der Waals surface area contributed by atoms with E-state index < -0.39 is 36.4 Å². The van der Waals surface area contributed by atoms with E-state index in [-0.39, 0.29) is 0 Å². The Morgan fingerprint density at radius 2 is 1.17 bits per heavy atom. The van der Waals surface area contributed by atoms with Crippen molar-refractivity contribution >= 4 is 29.1 Å². The molecule has 41 heavy (non-hydrogen) atoms. The van der Waals surface area contributed by atoms with Crippen LogP contribution in [0, 0.1) is 0 Å². The van der Waals surface area contributed by atoms with Crippen molar-refractivity contribution in [2.24, 2.45) is 0 Å². The summed E-state index contributed by atoms with van der Waals surface area (Å²) in [6, 6.07) is 30.8. The number of hydrogen-bond acceptors (Lipinski definition) is 5. The Balaban J connectivity index is 0.000000383. The van der Waals surface area contributed by atoms with Gasteiger partial charge in [-0.1, -0.05) is 91.9 Å². The normalized spacial score (nSPS) is 11.7. The van der Waals surface area contributed by atoms with E-state index in [2.05, 4.69) is 111 Å². The minimum Gasteiger partial charge on any atom is -0.481 e. The molecular formula is C33H39NO7. The lowest BCUT2D eigenvalue weighted by molar-refractivity contribution is -0.170. The molecule has 3 aromatic rings. The van der Waals surface area contributed by atoms with E-state index in [9.17, 15) is 14.4 Å². The van der Waals surface area contributed by atoms with Gasteiger partial charge in [-0.2, -0.15) is 0 Å². The Morgan fingerprint density at radius 3 is 1.59 bits per heavy atom. The van der Waals surface area contributed by atoms with Gasteiger partial charge in [0.05, 0.1) is 12.8 Å². The summed E-state index contributed by atoms with van der Waals surface area (Å²) in [5.74, 6) is -5.02. The molecule has 3 aromatic carbocycles. The van der Waals surface area contributed by atoms with Crippen LogP contribution in [0.15, 0.2) is 84.9 Å². The zero-order valence-corrected chi connectivity index (χ0v) is 23.8. The van der Waals surface area contributed by atoms with E-state index in [0.717, 1.165) is 19.4 Å². The standard InChI is InChI=1S/C27H31N.C6H8O7/c1-4-26(23-13-7-5-8-14-23)27(24-15-9-6-10-16-24)25-19-17-22(18-20-25)12-11-21-28(2)3;7-3(8)1-6(13,5(11)12)2-4(9)10/h5-10,13-20H,4,11-12,21H2,1-3H3;13H,1-2H2,(H,7,8)(H,9,10)(H,11,12)/b27-26-;. The van der Waals surface area contributed by atoms with Crippen LogP contribution >= 0.6 is 0 Å². The maximum Gasteiger partial charge on any atom is 0.336 e. The van der Waals surface area contributed by atoms with E-state index in [1.165, 1.54) is 39.8 Å². The van der Waals surface area contributed by atoms with Gasteiger partial charge in [0.2, 0.25) is 0 Å². The fourth-order valence-electron chi connectivity index (χ4n) is 4.44. The maximum atomic E-state index is 10.3. The predicted molar refractivity (Wildman–Crippen MR) is 159 cm³/mol. The first kappa shape index (κ1) is 32.9. The van der Waals surface area contributed by atoms with Gasteiger partial charge in [0, 0.05) is 0 Å².